The molecule has 0 bridgehead atoms. The van der Waals surface area contributed by atoms with Crippen molar-refractivity contribution in [3.05, 3.63) is 57.3 Å². The van der Waals surface area contributed by atoms with Gasteiger partial charge < -0.3 is 5.32 Å². The molecule has 104 valence electrons. The van der Waals surface area contributed by atoms with Gasteiger partial charge in [-0.1, -0.05) is 30.3 Å². The lowest BCUT2D eigenvalue weighted by atomic mass is 9.99. The molecule has 1 aliphatic carbocycles. The van der Waals surface area contributed by atoms with E-state index in [0.29, 0.717) is 0 Å². The summed E-state index contributed by atoms with van der Waals surface area (Å²) < 4.78 is 0. The Bertz CT molecular complexity index is 579. The van der Waals surface area contributed by atoms with Gasteiger partial charge in [-0.25, -0.2) is 0 Å². The summed E-state index contributed by atoms with van der Waals surface area (Å²) in [4.78, 5) is 14.6. The van der Waals surface area contributed by atoms with Crippen molar-refractivity contribution in [3.63, 3.8) is 0 Å². The first kappa shape index (κ1) is 13.4. The molecular weight excluding hydrogens is 266 g/mol. The first-order valence-electron chi connectivity index (χ1n) is 7.21. The quantitative estimate of drug-likeness (QED) is 0.903. The molecule has 1 amide bonds. The van der Waals surface area contributed by atoms with Gasteiger partial charge in [0.15, 0.2) is 0 Å². The highest BCUT2D eigenvalue weighted by atomic mass is 32.1. The zero-order valence-corrected chi connectivity index (χ0v) is 12.5. The molecule has 1 unspecified atom stereocenters. The maximum Gasteiger partial charge on any atom is 0.261 e. The number of hydrogen-bond donors (Lipinski definition) is 1. The number of thiophene rings is 1. The van der Waals surface area contributed by atoms with E-state index in [9.17, 15) is 4.79 Å². The smallest absolute Gasteiger partial charge is 0.261 e. The lowest BCUT2D eigenvalue weighted by Gasteiger charge is -2.13. The summed E-state index contributed by atoms with van der Waals surface area (Å²) in [7, 11) is 0. The molecule has 1 N–H and O–H groups in total. The molecule has 3 heteroatoms. The molecule has 1 heterocycles. The SMILES string of the molecule is CC(NC(=O)c1cc2c(s1)CCCC2)c1ccccc1. The number of fused-ring (bicyclic) bond motifs is 1. The first-order chi connectivity index (χ1) is 9.74. The molecule has 0 saturated carbocycles. The molecule has 1 aromatic heterocycles. The summed E-state index contributed by atoms with van der Waals surface area (Å²) in [5.41, 5.74) is 2.53. The second kappa shape index (κ2) is 5.80. The number of hydrogen-bond acceptors (Lipinski definition) is 2. The average molecular weight is 285 g/mol. The van der Waals surface area contributed by atoms with Gasteiger partial charge in [0.05, 0.1) is 10.9 Å². The van der Waals surface area contributed by atoms with Crippen LogP contribution in [0.2, 0.25) is 0 Å². The molecule has 0 saturated heterocycles. The van der Waals surface area contributed by atoms with Crippen molar-refractivity contribution in [2.24, 2.45) is 0 Å². The second-order valence-electron chi connectivity index (χ2n) is 5.37. The van der Waals surface area contributed by atoms with E-state index in [0.717, 1.165) is 23.3 Å². The van der Waals surface area contributed by atoms with E-state index < -0.39 is 0 Å². The van der Waals surface area contributed by atoms with E-state index in [4.69, 9.17) is 0 Å². The fourth-order valence-corrected chi connectivity index (χ4v) is 3.85. The van der Waals surface area contributed by atoms with Crippen LogP contribution in [-0.4, -0.2) is 5.91 Å². The fourth-order valence-electron chi connectivity index (χ4n) is 2.70. The Morgan fingerprint density at radius 1 is 1.20 bits per heavy atom. The number of benzene rings is 1. The molecule has 3 rings (SSSR count). The third kappa shape index (κ3) is 2.78. The standard InChI is InChI=1S/C17H19NOS/c1-12(13-7-3-2-4-8-13)18-17(19)16-11-14-9-5-6-10-15(14)20-16/h2-4,7-8,11-12H,5-6,9-10H2,1H3,(H,18,19). The Labute approximate surface area is 123 Å². The number of nitrogens with one attached hydrogen (secondary N) is 1. The van der Waals surface area contributed by atoms with E-state index in [-0.39, 0.29) is 11.9 Å². The maximum absolute atomic E-state index is 12.3. The summed E-state index contributed by atoms with van der Waals surface area (Å²) >= 11 is 1.67. The molecule has 2 nitrogen and oxygen atoms in total. The first-order valence-corrected chi connectivity index (χ1v) is 8.03. The number of carbonyl (C=O) groups excluding carboxylic acids is 1. The van der Waals surface area contributed by atoms with E-state index in [1.54, 1.807) is 11.3 Å². The zero-order chi connectivity index (χ0) is 13.9. The van der Waals surface area contributed by atoms with Crippen molar-refractivity contribution in [2.45, 2.75) is 38.6 Å². The van der Waals surface area contributed by atoms with Gasteiger partial charge in [0.25, 0.3) is 5.91 Å². The van der Waals surface area contributed by atoms with Crippen LogP contribution in [0, 0.1) is 0 Å². The van der Waals surface area contributed by atoms with Gasteiger partial charge in [0, 0.05) is 4.88 Å². The van der Waals surface area contributed by atoms with Crippen LogP contribution in [0.5, 0.6) is 0 Å². The second-order valence-corrected chi connectivity index (χ2v) is 6.51. The summed E-state index contributed by atoms with van der Waals surface area (Å²) in [5, 5.41) is 3.09. The molecule has 0 aliphatic heterocycles. The molecule has 1 atom stereocenters. The van der Waals surface area contributed by atoms with Crippen LogP contribution in [0.25, 0.3) is 0 Å². The van der Waals surface area contributed by atoms with Gasteiger partial charge in [-0.2, -0.15) is 0 Å². The minimum atomic E-state index is 0.0443. The molecule has 2 aromatic rings. The van der Waals surface area contributed by atoms with E-state index in [1.165, 1.54) is 23.3 Å². The minimum Gasteiger partial charge on any atom is -0.345 e. The van der Waals surface area contributed by atoms with Crippen LogP contribution >= 0.6 is 11.3 Å². The largest absolute Gasteiger partial charge is 0.345 e. The predicted molar refractivity (Wildman–Crippen MR) is 83.3 cm³/mol. The van der Waals surface area contributed by atoms with Gasteiger partial charge in [0.1, 0.15) is 0 Å². The molecule has 0 radical (unpaired) electrons. The average Bonchev–Trinajstić information content (AvgIpc) is 2.92. The molecule has 1 aliphatic rings. The summed E-state index contributed by atoms with van der Waals surface area (Å²) in [6.45, 7) is 2.03. The van der Waals surface area contributed by atoms with Crippen LogP contribution in [-0.2, 0) is 12.8 Å². The monoisotopic (exact) mass is 285 g/mol. The normalized spacial score (nSPS) is 15.4. The highest BCUT2D eigenvalue weighted by molar-refractivity contribution is 7.14. The van der Waals surface area contributed by atoms with E-state index >= 15 is 0 Å². The Morgan fingerprint density at radius 2 is 1.95 bits per heavy atom. The van der Waals surface area contributed by atoms with Gasteiger partial charge >= 0.3 is 0 Å². The summed E-state index contributed by atoms with van der Waals surface area (Å²) in [6, 6.07) is 12.2. The van der Waals surface area contributed by atoms with Gasteiger partial charge in [-0.05, 0) is 49.8 Å². The minimum absolute atomic E-state index is 0.0443. The van der Waals surface area contributed by atoms with Crippen molar-refractivity contribution in [1.82, 2.24) is 5.32 Å². The number of rotatable bonds is 3. The molecule has 1 aromatic carbocycles. The third-order valence-corrected chi connectivity index (χ3v) is 5.10. The Morgan fingerprint density at radius 3 is 2.70 bits per heavy atom. The van der Waals surface area contributed by atoms with Gasteiger partial charge in [-0.15, -0.1) is 11.3 Å². The lowest BCUT2D eigenvalue weighted by molar-refractivity contribution is 0.0944. The Balaban J connectivity index is 1.71. The summed E-state index contributed by atoms with van der Waals surface area (Å²) in [5.74, 6) is 0.0563. The van der Waals surface area contributed by atoms with Crippen molar-refractivity contribution >= 4 is 17.2 Å². The van der Waals surface area contributed by atoms with Crippen LogP contribution in [0.1, 0.15) is 51.5 Å². The van der Waals surface area contributed by atoms with Crippen LogP contribution < -0.4 is 5.32 Å². The van der Waals surface area contributed by atoms with Crippen LogP contribution in [0.4, 0.5) is 0 Å². The Hall–Kier alpha value is -1.61. The third-order valence-electron chi connectivity index (χ3n) is 3.87. The summed E-state index contributed by atoms with van der Waals surface area (Å²) in [6.07, 6.45) is 4.79. The number of carbonyl (C=O) groups is 1. The van der Waals surface area contributed by atoms with Crippen molar-refractivity contribution in [1.29, 1.82) is 0 Å². The van der Waals surface area contributed by atoms with Crippen LogP contribution in [0.15, 0.2) is 36.4 Å². The molecular formula is C17H19NOS. The zero-order valence-electron chi connectivity index (χ0n) is 11.7. The maximum atomic E-state index is 12.3. The number of amides is 1. The highest BCUT2D eigenvalue weighted by Gasteiger charge is 2.18. The molecule has 20 heavy (non-hydrogen) atoms. The van der Waals surface area contributed by atoms with Crippen molar-refractivity contribution in [3.8, 4) is 0 Å². The Kier molecular flexibility index (Phi) is 3.88. The fraction of sp³-hybridized carbons (Fsp3) is 0.353. The van der Waals surface area contributed by atoms with Gasteiger partial charge in [0.2, 0.25) is 0 Å². The van der Waals surface area contributed by atoms with Gasteiger partial charge in [-0.3, -0.25) is 4.79 Å². The molecule has 0 fully saturated rings. The van der Waals surface area contributed by atoms with E-state index in [1.807, 2.05) is 37.3 Å². The predicted octanol–water partition coefficient (Wildman–Crippen LogP) is 4.12. The van der Waals surface area contributed by atoms with Crippen molar-refractivity contribution in [2.75, 3.05) is 0 Å². The highest BCUT2D eigenvalue weighted by Crippen LogP contribution is 2.29. The van der Waals surface area contributed by atoms with E-state index in [2.05, 4.69) is 11.4 Å². The molecule has 0 spiro atoms. The topological polar surface area (TPSA) is 29.1 Å². The van der Waals surface area contributed by atoms with Crippen molar-refractivity contribution < 1.29 is 4.79 Å². The lowest BCUT2D eigenvalue weighted by Crippen LogP contribution is -2.25. The number of aryl methyl sites for hydroxylation is 2. The van der Waals surface area contributed by atoms with Crippen LogP contribution in [0.3, 0.4) is 0 Å².